The van der Waals surface area contributed by atoms with Gasteiger partial charge in [0.25, 0.3) is 5.91 Å². The van der Waals surface area contributed by atoms with Crippen LogP contribution in [0, 0.1) is 11.8 Å². The normalized spacial score (nSPS) is 18.4. The van der Waals surface area contributed by atoms with Crippen molar-refractivity contribution in [2.45, 2.75) is 58.9 Å². The molecule has 0 unspecified atom stereocenters. The molecule has 0 radical (unpaired) electrons. The molecule has 1 fully saturated rings. The van der Waals surface area contributed by atoms with E-state index in [4.69, 9.17) is 14.6 Å². The predicted octanol–water partition coefficient (Wildman–Crippen LogP) is 2.32. The summed E-state index contributed by atoms with van der Waals surface area (Å²) >= 11 is 0. The first-order valence-corrected chi connectivity index (χ1v) is 12.4. The fourth-order valence-electron chi connectivity index (χ4n) is 4.10. The number of ether oxygens (including phenoxy) is 1. The first kappa shape index (κ1) is 28.9. The van der Waals surface area contributed by atoms with Crippen LogP contribution in [0.15, 0.2) is 6.20 Å². The minimum atomic E-state index is -0.271. The van der Waals surface area contributed by atoms with E-state index in [0.717, 1.165) is 6.42 Å². The third kappa shape index (κ3) is 8.12. The Kier molecular flexibility index (Phi) is 10.9. The highest BCUT2D eigenvalue weighted by molar-refractivity contribution is 5.98. The maximum Gasteiger partial charge on any atom is 0.259 e. The Hall–Kier alpha value is -2.30. The van der Waals surface area contributed by atoms with Gasteiger partial charge in [-0.05, 0) is 18.8 Å². The van der Waals surface area contributed by atoms with E-state index in [2.05, 4.69) is 29.5 Å². The van der Waals surface area contributed by atoms with E-state index in [1.165, 1.54) is 12.2 Å². The molecule has 35 heavy (non-hydrogen) atoms. The molecule has 2 atom stereocenters. The molecule has 2 N–H and O–H groups in total. The lowest BCUT2D eigenvalue weighted by Crippen LogP contribution is -2.54. The van der Waals surface area contributed by atoms with Crippen molar-refractivity contribution >= 4 is 17.6 Å². The number of carbonyl (C=O) groups is 2. The van der Waals surface area contributed by atoms with Crippen LogP contribution in [0.5, 0.6) is 0 Å². The Bertz CT molecular complexity index is 842. The molecule has 0 aromatic carbocycles. The summed E-state index contributed by atoms with van der Waals surface area (Å²) in [5, 5.41) is 7.92. The summed E-state index contributed by atoms with van der Waals surface area (Å²) in [6.07, 6.45) is 2.99. The maximum atomic E-state index is 14.0. The second kappa shape index (κ2) is 13.1. The molecule has 1 aromatic heterocycles. The largest absolute Gasteiger partial charge is 0.385 e. The predicted molar refractivity (Wildman–Crippen MR) is 136 cm³/mol. The van der Waals surface area contributed by atoms with Gasteiger partial charge in [-0.1, -0.05) is 34.6 Å². The van der Waals surface area contributed by atoms with Crippen LogP contribution in [0.4, 0.5) is 5.82 Å². The number of hydroxylamine groups is 2. The van der Waals surface area contributed by atoms with Crippen LogP contribution in [0.25, 0.3) is 0 Å². The minimum absolute atomic E-state index is 0.0972. The van der Waals surface area contributed by atoms with Crippen LogP contribution in [-0.4, -0.2) is 91.8 Å². The molecule has 10 heteroatoms. The number of anilines is 1. The summed E-state index contributed by atoms with van der Waals surface area (Å²) in [4.78, 5) is 42.9. The van der Waals surface area contributed by atoms with Crippen molar-refractivity contribution in [2.75, 3.05) is 59.4 Å². The van der Waals surface area contributed by atoms with Gasteiger partial charge in [0.05, 0.1) is 13.0 Å². The summed E-state index contributed by atoms with van der Waals surface area (Å²) in [6, 6.07) is -0.138. The average Bonchev–Trinajstić information content (AvgIpc) is 2.83. The van der Waals surface area contributed by atoms with Crippen LogP contribution in [0.3, 0.4) is 0 Å². The Labute approximate surface area is 210 Å². The van der Waals surface area contributed by atoms with Gasteiger partial charge in [-0.15, -0.1) is 0 Å². The highest BCUT2D eigenvalue weighted by Gasteiger charge is 2.35. The molecule has 1 aliphatic rings. The van der Waals surface area contributed by atoms with E-state index in [-0.39, 0.29) is 35.1 Å². The molecular formula is C25H44N6O4. The summed E-state index contributed by atoms with van der Waals surface area (Å²) in [5.74, 6) is 0.965. The van der Waals surface area contributed by atoms with E-state index >= 15 is 0 Å². The van der Waals surface area contributed by atoms with Crippen molar-refractivity contribution in [1.82, 2.24) is 25.2 Å². The van der Waals surface area contributed by atoms with Crippen molar-refractivity contribution in [2.24, 2.45) is 11.8 Å². The number of nitrogens with one attached hydrogen (secondary N) is 2. The van der Waals surface area contributed by atoms with Gasteiger partial charge < -0.3 is 20.3 Å². The number of piperidine rings is 1. The number of methoxy groups -OCH3 is 1. The quantitative estimate of drug-likeness (QED) is 0.358. The summed E-state index contributed by atoms with van der Waals surface area (Å²) < 4.78 is 5.16. The van der Waals surface area contributed by atoms with Crippen LogP contribution in [0.2, 0.25) is 0 Å². The first-order valence-electron chi connectivity index (χ1n) is 12.4. The van der Waals surface area contributed by atoms with Crippen molar-refractivity contribution < 1.29 is 19.2 Å². The molecule has 0 saturated carbocycles. The Balaban J connectivity index is 2.36. The second-order valence-corrected chi connectivity index (χ2v) is 10.6. The maximum absolute atomic E-state index is 14.0. The molecule has 2 heterocycles. The van der Waals surface area contributed by atoms with Gasteiger partial charge in [-0.3, -0.25) is 14.4 Å². The van der Waals surface area contributed by atoms with Gasteiger partial charge in [-0.2, -0.15) is 0 Å². The third-order valence-corrected chi connectivity index (χ3v) is 6.03. The highest BCUT2D eigenvalue weighted by Crippen LogP contribution is 2.26. The molecule has 1 aliphatic heterocycles. The van der Waals surface area contributed by atoms with Crippen molar-refractivity contribution in [3.8, 4) is 0 Å². The summed E-state index contributed by atoms with van der Waals surface area (Å²) in [5.41, 5.74) is 0.190. The van der Waals surface area contributed by atoms with Gasteiger partial charge in [-0.25, -0.2) is 15.0 Å². The molecule has 0 bridgehead atoms. The van der Waals surface area contributed by atoms with E-state index in [9.17, 15) is 9.59 Å². The van der Waals surface area contributed by atoms with E-state index in [1.807, 2.05) is 25.7 Å². The van der Waals surface area contributed by atoms with Crippen molar-refractivity contribution in [3.63, 3.8) is 0 Å². The fourth-order valence-corrected chi connectivity index (χ4v) is 4.10. The Morgan fingerprint density at radius 3 is 2.57 bits per heavy atom. The van der Waals surface area contributed by atoms with Gasteiger partial charge >= 0.3 is 0 Å². The summed E-state index contributed by atoms with van der Waals surface area (Å²) in [7, 11) is 4.75. The third-order valence-electron chi connectivity index (χ3n) is 6.03. The van der Waals surface area contributed by atoms with Crippen LogP contribution >= 0.6 is 0 Å². The van der Waals surface area contributed by atoms with Crippen LogP contribution in [-0.2, 0) is 19.8 Å². The molecule has 198 valence electrons. The number of aromatic nitrogens is 2. The molecule has 0 spiro atoms. The van der Waals surface area contributed by atoms with E-state index in [0.29, 0.717) is 56.4 Å². The first-order chi connectivity index (χ1) is 16.5. The highest BCUT2D eigenvalue weighted by atomic mass is 16.7. The molecule has 1 saturated heterocycles. The number of nitrogens with zero attached hydrogens (tertiary/aromatic N) is 4. The Morgan fingerprint density at radius 1 is 1.26 bits per heavy atom. The van der Waals surface area contributed by atoms with Crippen LogP contribution < -0.4 is 10.6 Å². The topological polar surface area (TPSA) is 109 Å². The zero-order chi connectivity index (χ0) is 26.2. The summed E-state index contributed by atoms with van der Waals surface area (Å²) in [6.45, 7) is 13.3. The van der Waals surface area contributed by atoms with Gasteiger partial charge in [0.1, 0.15) is 17.2 Å². The number of carbonyl (C=O) groups excluding carboxylic acids is 2. The number of rotatable bonds is 11. The van der Waals surface area contributed by atoms with Crippen LogP contribution in [0.1, 0.15) is 63.6 Å². The lowest BCUT2D eigenvalue weighted by Gasteiger charge is -2.39. The van der Waals surface area contributed by atoms with Crippen molar-refractivity contribution in [3.05, 3.63) is 17.6 Å². The Morgan fingerprint density at radius 2 is 1.97 bits per heavy atom. The number of hydrogen-bond acceptors (Lipinski definition) is 8. The smallest absolute Gasteiger partial charge is 0.259 e. The molecule has 2 amide bonds. The van der Waals surface area contributed by atoms with E-state index in [1.54, 1.807) is 20.4 Å². The standard InChI is InChI=1S/C25H44N6O4/c1-17(2)16-31(19-12-18(13-26-14-19)22(32)30(6)35-8)23(33)20-15-28-24(25(3,4)5)29-21(20)27-10-9-11-34-7/h15,17-19,26H,9-14,16H2,1-8H3,(H,27,28,29)/t18-,19+/m1/s1. The molecule has 10 nitrogen and oxygen atoms in total. The molecule has 2 rings (SSSR count). The molecule has 0 aliphatic carbocycles. The second-order valence-electron chi connectivity index (χ2n) is 10.6. The van der Waals surface area contributed by atoms with Crippen molar-refractivity contribution in [1.29, 1.82) is 0 Å². The van der Waals surface area contributed by atoms with Gasteiger partial charge in [0.2, 0.25) is 5.91 Å². The lowest BCUT2D eigenvalue weighted by molar-refractivity contribution is -0.174. The zero-order valence-electron chi connectivity index (χ0n) is 22.7. The molecular weight excluding hydrogens is 448 g/mol. The molecule has 1 aromatic rings. The average molecular weight is 493 g/mol. The SMILES string of the molecule is COCCCNc1nc(C(C)(C)C)ncc1C(=O)N(CC(C)C)[C@@H]1CNC[C@H](C(=O)N(C)OC)C1. The number of hydrogen-bond donors (Lipinski definition) is 2. The fraction of sp³-hybridized carbons (Fsp3) is 0.760. The van der Waals surface area contributed by atoms with E-state index < -0.39 is 0 Å². The number of amides is 2. The monoisotopic (exact) mass is 492 g/mol. The zero-order valence-corrected chi connectivity index (χ0v) is 22.7. The minimum Gasteiger partial charge on any atom is -0.385 e. The lowest BCUT2D eigenvalue weighted by atomic mass is 9.92. The van der Waals surface area contributed by atoms with Gasteiger partial charge in [0, 0.05) is 64.6 Å². The van der Waals surface area contributed by atoms with Gasteiger partial charge in [0.15, 0.2) is 0 Å².